The summed E-state index contributed by atoms with van der Waals surface area (Å²) in [4.78, 5) is 0. The predicted molar refractivity (Wildman–Crippen MR) is 80.2 cm³/mol. The van der Waals surface area contributed by atoms with Crippen LogP contribution in [0.3, 0.4) is 0 Å². The van der Waals surface area contributed by atoms with Crippen LogP contribution in [-0.2, 0) is 0 Å². The van der Waals surface area contributed by atoms with E-state index < -0.39 is 0 Å². The fraction of sp³-hybridized carbons (Fsp3) is 0.333. The molecule has 0 aliphatic carbocycles. The molecule has 1 aliphatic rings. The van der Waals surface area contributed by atoms with Crippen molar-refractivity contribution in [2.75, 3.05) is 5.75 Å². The molecule has 2 heterocycles. The quantitative estimate of drug-likeness (QED) is 0.794. The zero-order valence-electron chi connectivity index (χ0n) is 11.2. The van der Waals surface area contributed by atoms with Crippen LogP contribution < -0.4 is 0 Å². The van der Waals surface area contributed by atoms with Crippen molar-refractivity contribution in [3.63, 3.8) is 0 Å². The first-order valence-corrected chi connectivity index (χ1v) is 7.68. The minimum Gasteiger partial charge on any atom is -0.280 e. The number of nitrogens with zero attached hydrogens (tertiary/aromatic N) is 3. The molecule has 1 atom stereocenters. The molecular formula is C15H17N3S. The van der Waals surface area contributed by atoms with Crippen LogP contribution in [0.4, 0.5) is 0 Å². The monoisotopic (exact) mass is 271 g/mol. The highest BCUT2D eigenvalue weighted by molar-refractivity contribution is 7.99. The van der Waals surface area contributed by atoms with Gasteiger partial charge in [0.2, 0.25) is 0 Å². The summed E-state index contributed by atoms with van der Waals surface area (Å²) in [7, 11) is 0. The van der Waals surface area contributed by atoms with Gasteiger partial charge in [-0.2, -0.15) is 0 Å². The van der Waals surface area contributed by atoms with Gasteiger partial charge in [0.25, 0.3) is 0 Å². The number of rotatable bonds is 3. The minimum atomic E-state index is 0.324. The van der Waals surface area contributed by atoms with Crippen molar-refractivity contribution in [1.82, 2.24) is 14.8 Å². The maximum absolute atomic E-state index is 4.43. The molecule has 98 valence electrons. The fourth-order valence-electron chi connectivity index (χ4n) is 2.57. The highest BCUT2D eigenvalue weighted by Gasteiger charge is 2.24. The molecule has 0 bridgehead atoms. The Balaban J connectivity index is 2.16. The van der Waals surface area contributed by atoms with Gasteiger partial charge >= 0.3 is 0 Å². The Morgan fingerprint density at radius 2 is 2.05 bits per heavy atom. The maximum Gasteiger partial charge on any atom is 0.195 e. The van der Waals surface area contributed by atoms with Crippen LogP contribution in [0.2, 0.25) is 0 Å². The van der Waals surface area contributed by atoms with E-state index in [1.807, 2.05) is 0 Å². The van der Waals surface area contributed by atoms with E-state index in [1.165, 1.54) is 11.1 Å². The van der Waals surface area contributed by atoms with Gasteiger partial charge in [0, 0.05) is 12.1 Å². The molecule has 0 spiro atoms. The molecule has 3 rings (SSSR count). The molecule has 0 amide bonds. The molecule has 0 saturated heterocycles. The molecule has 0 fully saturated rings. The summed E-state index contributed by atoms with van der Waals surface area (Å²) < 4.78 is 2.14. The van der Waals surface area contributed by atoms with Gasteiger partial charge in [0.05, 0.1) is 0 Å². The summed E-state index contributed by atoms with van der Waals surface area (Å²) in [5, 5.41) is 9.74. The zero-order chi connectivity index (χ0) is 13.2. The van der Waals surface area contributed by atoms with Gasteiger partial charge in [0.15, 0.2) is 5.16 Å². The lowest BCUT2D eigenvalue weighted by Gasteiger charge is -2.14. The van der Waals surface area contributed by atoms with E-state index in [4.69, 9.17) is 0 Å². The second-order valence-electron chi connectivity index (χ2n) is 4.55. The third kappa shape index (κ3) is 2.10. The van der Waals surface area contributed by atoms with E-state index >= 15 is 0 Å². The smallest absolute Gasteiger partial charge is 0.195 e. The third-order valence-electron chi connectivity index (χ3n) is 3.46. The average Bonchev–Trinajstić information content (AvgIpc) is 2.75. The van der Waals surface area contributed by atoms with Gasteiger partial charge in [-0.25, -0.2) is 0 Å². The molecule has 0 saturated carbocycles. The molecule has 4 heteroatoms. The van der Waals surface area contributed by atoms with Crippen LogP contribution in [0, 0.1) is 0 Å². The summed E-state index contributed by atoms with van der Waals surface area (Å²) >= 11 is 1.74. The number of hydrogen-bond acceptors (Lipinski definition) is 3. The Labute approximate surface area is 117 Å². The Kier molecular flexibility index (Phi) is 3.42. The van der Waals surface area contributed by atoms with Gasteiger partial charge in [-0.1, -0.05) is 49.9 Å². The summed E-state index contributed by atoms with van der Waals surface area (Å²) in [6.45, 7) is 4.34. The number of aromatic nitrogens is 3. The van der Waals surface area contributed by atoms with E-state index in [9.17, 15) is 0 Å². The molecule has 0 radical (unpaired) electrons. The van der Waals surface area contributed by atoms with Crippen molar-refractivity contribution in [3.05, 3.63) is 41.2 Å². The van der Waals surface area contributed by atoms with Crippen molar-refractivity contribution in [2.24, 2.45) is 0 Å². The lowest BCUT2D eigenvalue weighted by atomic mass is 9.92. The van der Waals surface area contributed by atoms with Crippen LogP contribution in [0.25, 0.3) is 12.3 Å². The van der Waals surface area contributed by atoms with Crippen molar-refractivity contribution in [2.45, 2.75) is 31.3 Å². The molecule has 19 heavy (non-hydrogen) atoms. The standard InChI is InChI=1S/C15H17N3S/c1-3-12-13-8-6-5-7-11(13)9-10-18-14(12)16-17-15(18)19-4-2/h5-10,12H,3-4H2,1-2H3. The summed E-state index contributed by atoms with van der Waals surface area (Å²) in [5.41, 5.74) is 2.63. The second-order valence-corrected chi connectivity index (χ2v) is 5.78. The van der Waals surface area contributed by atoms with E-state index in [-0.39, 0.29) is 0 Å². The van der Waals surface area contributed by atoms with Crippen LogP contribution >= 0.6 is 11.8 Å². The summed E-state index contributed by atoms with van der Waals surface area (Å²) in [5.74, 6) is 2.39. The Bertz CT molecular complexity index is 616. The van der Waals surface area contributed by atoms with Crippen molar-refractivity contribution in [1.29, 1.82) is 0 Å². The molecule has 0 N–H and O–H groups in total. The number of hydrogen-bond donors (Lipinski definition) is 0. The number of fused-ring (bicyclic) bond motifs is 2. The molecule has 1 aromatic heterocycles. The summed E-state index contributed by atoms with van der Waals surface area (Å²) in [6, 6.07) is 8.55. The van der Waals surface area contributed by atoms with Gasteiger partial charge in [-0.3, -0.25) is 4.57 Å². The molecule has 1 aromatic carbocycles. The highest BCUT2D eigenvalue weighted by atomic mass is 32.2. The van der Waals surface area contributed by atoms with Crippen LogP contribution in [0.1, 0.15) is 43.1 Å². The van der Waals surface area contributed by atoms with Crippen LogP contribution in [-0.4, -0.2) is 20.5 Å². The first kappa shape index (κ1) is 12.5. The minimum absolute atomic E-state index is 0.324. The maximum atomic E-state index is 4.43. The van der Waals surface area contributed by atoms with E-state index in [0.717, 1.165) is 23.2 Å². The van der Waals surface area contributed by atoms with Gasteiger partial charge < -0.3 is 0 Å². The SMILES string of the molecule is CCSc1nnc2n1C=Cc1ccccc1C2CC. The van der Waals surface area contributed by atoms with Crippen molar-refractivity contribution in [3.8, 4) is 0 Å². The Hall–Kier alpha value is -1.55. The second kappa shape index (κ2) is 5.21. The topological polar surface area (TPSA) is 30.7 Å². The zero-order valence-corrected chi connectivity index (χ0v) is 12.0. The van der Waals surface area contributed by atoms with Crippen LogP contribution in [0.5, 0.6) is 0 Å². The lowest BCUT2D eigenvalue weighted by Crippen LogP contribution is -2.06. The van der Waals surface area contributed by atoms with E-state index in [0.29, 0.717) is 5.92 Å². The van der Waals surface area contributed by atoms with E-state index in [2.05, 4.69) is 65.2 Å². The lowest BCUT2D eigenvalue weighted by molar-refractivity contribution is 0.701. The normalized spacial score (nSPS) is 16.8. The Morgan fingerprint density at radius 3 is 2.84 bits per heavy atom. The van der Waals surface area contributed by atoms with Crippen LogP contribution in [0.15, 0.2) is 29.4 Å². The molecule has 1 aliphatic heterocycles. The van der Waals surface area contributed by atoms with Gasteiger partial charge in [-0.15, -0.1) is 10.2 Å². The molecular weight excluding hydrogens is 254 g/mol. The first-order valence-electron chi connectivity index (χ1n) is 6.69. The molecule has 2 aromatic rings. The third-order valence-corrected chi connectivity index (χ3v) is 4.28. The predicted octanol–water partition coefficient (Wildman–Crippen LogP) is 3.87. The molecule has 3 nitrogen and oxygen atoms in total. The van der Waals surface area contributed by atoms with Gasteiger partial charge in [-0.05, 0) is 29.4 Å². The average molecular weight is 271 g/mol. The molecule has 1 unspecified atom stereocenters. The number of thioether (sulfide) groups is 1. The highest BCUT2D eigenvalue weighted by Crippen LogP contribution is 2.34. The Morgan fingerprint density at radius 1 is 1.21 bits per heavy atom. The van der Waals surface area contributed by atoms with Crippen molar-refractivity contribution < 1.29 is 0 Å². The van der Waals surface area contributed by atoms with Gasteiger partial charge in [0.1, 0.15) is 5.82 Å². The largest absolute Gasteiger partial charge is 0.280 e. The fourth-order valence-corrected chi connectivity index (χ4v) is 3.22. The van der Waals surface area contributed by atoms with Crippen molar-refractivity contribution >= 4 is 24.0 Å². The number of benzene rings is 1. The summed E-state index contributed by atoms with van der Waals surface area (Å²) in [6.07, 6.45) is 5.30. The first-order chi connectivity index (χ1) is 9.35. The van der Waals surface area contributed by atoms with E-state index in [1.54, 1.807) is 11.8 Å².